The van der Waals surface area contributed by atoms with Crippen LogP contribution in [0.5, 0.6) is 0 Å². The van der Waals surface area contributed by atoms with E-state index in [9.17, 15) is 9.90 Å². The Morgan fingerprint density at radius 3 is 2.52 bits per heavy atom. The molecule has 0 N–H and O–H groups in total. The Hall–Kier alpha value is -2.94. The Morgan fingerprint density at radius 2 is 1.83 bits per heavy atom. The summed E-state index contributed by atoms with van der Waals surface area (Å²) in [5.74, 6) is -1.19. The highest BCUT2D eigenvalue weighted by Crippen LogP contribution is 2.19. The molecule has 0 atom stereocenters. The van der Waals surface area contributed by atoms with Crippen LogP contribution in [0.4, 0.5) is 0 Å². The second kappa shape index (κ2) is 6.44. The van der Waals surface area contributed by atoms with Gasteiger partial charge in [0.2, 0.25) is 0 Å². The molecule has 0 aliphatic carbocycles. The lowest BCUT2D eigenvalue weighted by Gasteiger charge is -2.08. The minimum absolute atomic E-state index is 0.164. The molecule has 0 aliphatic rings. The van der Waals surface area contributed by atoms with Gasteiger partial charge in [-0.25, -0.2) is 4.98 Å². The number of carboxylic acid groups (broad SMARTS) is 1. The summed E-state index contributed by atoms with van der Waals surface area (Å²) in [6, 6.07) is 17.0. The quantitative estimate of drug-likeness (QED) is 0.743. The van der Waals surface area contributed by atoms with Gasteiger partial charge in [-0.15, -0.1) is 0 Å². The number of fused-ring (bicyclic) bond motifs is 1. The first-order valence-corrected chi connectivity index (χ1v) is 7.55. The maximum atomic E-state index is 11.3. The fraction of sp³-hybridized carbons (Fsp3) is 0.100. The SMILES string of the molecule is CCc1ccc(/C=C/c2cc(C(=O)[O-])c3ccccc3n2)cc1. The summed E-state index contributed by atoms with van der Waals surface area (Å²) in [6.45, 7) is 2.12. The van der Waals surface area contributed by atoms with Crippen molar-refractivity contribution in [2.24, 2.45) is 0 Å². The van der Waals surface area contributed by atoms with Crippen LogP contribution in [0, 0.1) is 0 Å². The summed E-state index contributed by atoms with van der Waals surface area (Å²) >= 11 is 0. The summed E-state index contributed by atoms with van der Waals surface area (Å²) < 4.78 is 0. The number of carbonyl (C=O) groups is 1. The first-order chi connectivity index (χ1) is 11.2. The summed E-state index contributed by atoms with van der Waals surface area (Å²) in [5, 5.41) is 11.9. The van der Waals surface area contributed by atoms with Gasteiger partial charge in [-0.3, -0.25) is 0 Å². The maximum Gasteiger partial charge on any atom is 0.0722 e. The average Bonchev–Trinajstić information content (AvgIpc) is 2.59. The molecule has 0 fully saturated rings. The number of aryl methyl sites for hydroxylation is 1. The van der Waals surface area contributed by atoms with Crippen LogP contribution < -0.4 is 5.11 Å². The van der Waals surface area contributed by atoms with Gasteiger partial charge in [-0.1, -0.05) is 55.5 Å². The molecule has 2 aromatic carbocycles. The third kappa shape index (κ3) is 3.29. The molecule has 23 heavy (non-hydrogen) atoms. The molecule has 1 heterocycles. The molecule has 0 radical (unpaired) electrons. The largest absolute Gasteiger partial charge is 0.545 e. The second-order valence-electron chi connectivity index (χ2n) is 5.33. The number of hydrogen-bond acceptors (Lipinski definition) is 3. The number of carbonyl (C=O) groups excluding carboxylic acids is 1. The van der Waals surface area contributed by atoms with Gasteiger partial charge in [-0.05, 0) is 35.8 Å². The predicted molar refractivity (Wildman–Crippen MR) is 90.8 cm³/mol. The standard InChI is InChI=1S/C20H17NO2/c1-2-14-7-9-15(10-8-14)11-12-16-13-18(20(22)23)17-5-3-4-6-19(17)21-16/h3-13H,2H2,1H3,(H,22,23)/p-1/b12-11+. The first kappa shape index (κ1) is 15.0. The molecular weight excluding hydrogens is 286 g/mol. The minimum Gasteiger partial charge on any atom is -0.545 e. The lowest BCUT2D eigenvalue weighted by atomic mass is 10.1. The third-order valence-electron chi connectivity index (χ3n) is 3.79. The van der Waals surface area contributed by atoms with Crippen molar-refractivity contribution >= 4 is 29.0 Å². The molecule has 0 amide bonds. The molecule has 1 aromatic heterocycles. The van der Waals surface area contributed by atoms with Crippen molar-refractivity contribution in [1.82, 2.24) is 4.98 Å². The van der Waals surface area contributed by atoms with Gasteiger partial charge in [0.1, 0.15) is 0 Å². The Morgan fingerprint density at radius 1 is 1.09 bits per heavy atom. The topological polar surface area (TPSA) is 53.0 Å². The number of pyridine rings is 1. The third-order valence-corrected chi connectivity index (χ3v) is 3.79. The molecule has 0 bridgehead atoms. The normalized spacial score (nSPS) is 11.2. The van der Waals surface area contributed by atoms with Gasteiger partial charge in [0.15, 0.2) is 0 Å². The van der Waals surface area contributed by atoms with Crippen molar-refractivity contribution in [2.75, 3.05) is 0 Å². The fourth-order valence-electron chi connectivity index (χ4n) is 2.50. The molecule has 0 saturated carbocycles. The van der Waals surface area contributed by atoms with Crippen molar-refractivity contribution in [3.05, 3.63) is 77.0 Å². The van der Waals surface area contributed by atoms with E-state index in [1.165, 1.54) is 5.56 Å². The molecule has 3 nitrogen and oxygen atoms in total. The smallest absolute Gasteiger partial charge is 0.0722 e. The number of aromatic nitrogens is 1. The first-order valence-electron chi connectivity index (χ1n) is 7.55. The van der Waals surface area contributed by atoms with E-state index in [2.05, 4.69) is 24.0 Å². The van der Waals surface area contributed by atoms with Crippen LogP contribution in [0.25, 0.3) is 23.1 Å². The summed E-state index contributed by atoms with van der Waals surface area (Å²) in [6.07, 6.45) is 4.75. The molecule has 0 unspecified atom stereocenters. The Balaban J connectivity index is 1.99. The van der Waals surface area contributed by atoms with Crippen LogP contribution in [0.1, 0.15) is 34.1 Å². The van der Waals surface area contributed by atoms with E-state index in [-0.39, 0.29) is 5.56 Å². The van der Waals surface area contributed by atoms with E-state index in [0.717, 1.165) is 12.0 Å². The monoisotopic (exact) mass is 302 g/mol. The summed E-state index contributed by atoms with van der Waals surface area (Å²) in [5.41, 5.74) is 3.74. The minimum atomic E-state index is -1.19. The fourth-order valence-corrected chi connectivity index (χ4v) is 2.50. The number of para-hydroxylation sites is 1. The second-order valence-corrected chi connectivity index (χ2v) is 5.33. The number of nitrogens with zero attached hydrogens (tertiary/aromatic N) is 1. The average molecular weight is 302 g/mol. The Kier molecular flexibility index (Phi) is 4.20. The molecular formula is C20H16NO2-. The van der Waals surface area contributed by atoms with Crippen LogP contribution in [0.15, 0.2) is 54.6 Å². The van der Waals surface area contributed by atoms with Crippen molar-refractivity contribution < 1.29 is 9.90 Å². The van der Waals surface area contributed by atoms with Gasteiger partial charge < -0.3 is 9.90 Å². The number of hydrogen-bond donors (Lipinski definition) is 0. The zero-order valence-corrected chi connectivity index (χ0v) is 12.8. The zero-order valence-electron chi connectivity index (χ0n) is 12.8. The van der Waals surface area contributed by atoms with E-state index in [4.69, 9.17) is 0 Å². The highest BCUT2D eigenvalue weighted by atomic mass is 16.4. The van der Waals surface area contributed by atoms with Crippen molar-refractivity contribution in [1.29, 1.82) is 0 Å². The molecule has 3 aromatic rings. The van der Waals surface area contributed by atoms with Gasteiger partial charge >= 0.3 is 0 Å². The molecule has 0 spiro atoms. The number of benzene rings is 2. The van der Waals surface area contributed by atoms with Crippen molar-refractivity contribution in [2.45, 2.75) is 13.3 Å². The molecule has 3 heteroatoms. The van der Waals surface area contributed by atoms with E-state index in [0.29, 0.717) is 16.6 Å². The van der Waals surface area contributed by atoms with Crippen LogP contribution in [-0.4, -0.2) is 11.0 Å². The number of rotatable bonds is 4. The van der Waals surface area contributed by atoms with E-state index in [1.807, 2.05) is 30.4 Å². The van der Waals surface area contributed by atoms with Crippen molar-refractivity contribution in [3.8, 4) is 0 Å². The van der Waals surface area contributed by atoms with E-state index in [1.54, 1.807) is 24.3 Å². The molecule has 114 valence electrons. The lowest BCUT2D eigenvalue weighted by molar-refractivity contribution is -0.254. The number of aromatic carboxylic acids is 1. The van der Waals surface area contributed by atoms with Crippen LogP contribution in [0.3, 0.4) is 0 Å². The summed E-state index contributed by atoms with van der Waals surface area (Å²) in [4.78, 5) is 15.8. The van der Waals surface area contributed by atoms with Gasteiger partial charge in [-0.2, -0.15) is 0 Å². The Labute approximate surface area is 134 Å². The van der Waals surface area contributed by atoms with Crippen LogP contribution in [-0.2, 0) is 6.42 Å². The van der Waals surface area contributed by atoms with Crippen LogP contribution in [0.2, 0.25) is 0 Å². The molecule has 0 aliphatic heterocycles. The Bertz CT molecular complexity index is 880. The van der Waals surface area contributed by atoms with Gasteiger partial charge in [0, 0.05) is 10.9 Å². The lowest BCUT2D eigenvalue weighted by Crippen LogP contribution is -2.22. The highest BCUT2D eigenvalue weighted by molar-refractivity contribution is 6.02. The maximum absolute atomic E-state index is 11.3. The van der Waals surface area contributed by atoms with E-state index < -0.39 is 5.97 Å². The summed E-state index contributed by atoms with van der Waals surface area (Å²) in [7, 11) is 0. The van der Waals surface area contributed by atoms with Gasteiger partial charge in [0.05, 0.1) is 17.2 Å². The zero-order chi connectivity index (χ0) is 16.2. The predicted octanol–water partition coefficient (Wildman–Crippen LogP) is 3.33. The highest BCUT2D eigenvalue weighted by Gasteiger charge is 2.04. The number of carboxylic acids is 1. The molecule has 3 rings (SSSR count). The van der Waals surface area contributed by atoms with Crippen molar-refractivity contribution in [3.63, 3.8) is 0 Å². The van der Waals surface area contributed by atoms with Crippen LogP contribution >= 0.6 is 0 Å². The van der Waals surface area contributed by atoms with E-state index >= 15 is 0 Å². The molecule has 0 saturated heterocycles. The van der Waals surface area contributed by atoms with Gasteiger partial charge in [0.25, 0.3) is 0 Å².